The molecule has 0 spiro atoms. The number of rotatable bonds is 6. The number of ether oxygens (including phenoxy) is 1. The van der Waals surface area contributed by atoms with E-state index in [4.69, 9.17) is 4.74 Å². The van der Waals surface area contributed by atoms with Gasteiger partial charge in [0.15, 0.2) is 0 Å². The van der Waals surface area contributed by atoms with Crippen LogP contribution in [-0.2, 0) is 17.8 Å². The average Bonchev–Trinajstić information content (AvgIpc) is 2.83. The molecule has 94 valence electrons. The minimum atomic E-state index is 0.337. The van der Waals surface area contributed by atoms with Crippen molar-refractivity contribution in [3.63, 3.8) is 0 Å². The lowest BCUT2D eigenvalue weighted by Gasteiger charge is -2.07. The molecule has 0 aromatic carbocycles. The predicted octanol–water partition coefficient (Wildman–Crippen LogP) is 0.957. The molecule has 1 saturated heterocycles. The summed E-state index contributed by atoms with van der Waals surface area (Å²) in [6.07, 6.45) is 7.47. The monoisotopic (exact) mass is 236 g/mol. The highest BCUT2D eigenvalue weighted by molar-refractivity contribution is 4.92. The molecule has 0 bridgehead atoms. The van der Waals surface area contributed by atoms with E-state index in [2.05, 4.69) is 15.6 Å². The van der Waals surface area contributed by atoms with Crippen molar-refractivity contribution in [2.75, 3.05) is 13.2 Å². The van der Waals surface area contributed by atoms with Gasteiger partial charge in [0.05, 0.1) is 18.3 Å². The van der Waals surface area contributed by atoms with E-state index in [0.29, 0.717) is 6.10 Å². The van der Waals surface area contributed by atoms with Gasteiger partial charge in [0, 0.05) is 19.3 Å². The lowest BCUT2D eigenvalue weighted by atomic mass is 10.2. The lowest BCUT2D eigenvalue weighted by molar-refractivity contribution is 0.0935. The van der Waals surface area contributed by atoms with Crippen LogP contribution in [0.5, 0.6) is 0 Å². The highest BCUT2D eigenvalue weighted by Crippen LogP contribution is 2.27. The standard InChI is InChI=1S/C12H20N4O/c1-2-12(17-5-1)9-16-8-11(14-15-16)7-13-6-10-3-4-10/h8,10,12-13H,1-7,9H2. The van der Waals surface area contributed by atoms with E-state index in [1.54, 1.807) is 0 Å². The fourth-order valence-corrected chi connectivity index (χ4v) is 2.23. The quantitative estimate of drug-likeness (QED) is 0.799. The Bertz CT molecular complexity index is 355. The van der Waals surface area contributed by atoms with Crippen LogP contribution in [-0.4, -0.2) is 34.2 Å². The van der Waals surface area contributed by atoms with E-state index < -0.39 is 0 Å². The zero-order valence-corrected chi connectivity index (χ0v) is 10.1. The molecule has 1 saturated carbocycles. The van der Waals surface area contributed by atoms with E-state index in [-0.39, 0.29) is 0 Å². The van der Waals surface area contributed by atoms with Crippen molar-refractivity contribution in [1.29, 1.82) is 0 Å². The van der Waals surface area contributed by atoms with Crippen LogP contribution in [0.1, 0.15) is 31.4 Å². The molecule has 2 fully saturated rings. The summed E-state index contributed by atoms with van der Waals surface area (Å²) >= 11 is 0. The van der Waals surface area contributed by atoms with E-state index in [9.17, 15) is 0 Å². The van der Waals surface area contributed by atoms with Gasteiger partial charge in [-0.25, -0.2) is 4.68 Å². The summed E-state index contributed by atoms with van der Waals surface area (Å²) in [5.74, 6) is 0.914. The van der Waals surface area contributed by atoms with Gasteiger partial charge in [-0.1, -0.05) is 5.21 Å². The Balaban J connectivity index is 1.43. The summed E-state index contributed by atoms with van der Waals surface area (Å²) in [4.78, 5) is 0. The van der Waals surface area contributed by atoms with Crippen LogP contribution in [0.3, 0.4) is 0 Å². The number of aromatic nitrogens is 3. The van der Waals surface area contributed by atoms with Crippen molar-refractivity contribution in [3.05, 3.63) is 11.9 Å². The smallest absolute Gasteiger partial charge is 0.0964 e. The van der Waals surface area contributed by atoms with E-state index in [1.165, 1.54) is 19.3 Å². The van der Waals surface area contributed by atoms with Crippen LogP contribution in [0.25, 0.3) is 0 Å². The minimum Gasteiger partial charge on any atom is -0.376 e. The predicted molar refractivity (Wildman–Crippen MR) is 63.4 cm³/mol. The van der Waals surface area contributed by atoms with E-state index in [0.717, 1.165) is 44.3 Å². The fourth-order valence-electron chi connectivity index (χ4n) is 2.23. The number of nitrogens with zero attached hydrogens (tertiary/aromatic N) is 3. The molecule has 5 heteroatoms. The van der Waals surface area contributed by atoms with Gasteiger partial charge in [-0.15, -0.1) is 5.10 Å². The SMILES string of the molecule is c1c(CNCC2CC2)nnn1CC1CCCO1. The molecule has 1 aliphatic carbocycles. The summed E-state index contributed by atoms with van der Waals surface area (Å²) in [5.41, 5.74) is 1.03. The van der Waals surface area contributed by atoms with Gasteiger partial charge in [-0.2, -0.15) is 0 Å². The molecule has 1 aromatic heterocycles. The van der Waals surface area contributed by atoms with Crippen molar-refractivity contribution < 1.29 is 4.74 Å². The van der Waals surface area contributed by atoms with Crippen molar-refractivity contribution in [1.82, 2.24) is 20.3 Å². The number of hydrogen-bond acceptors (Lipinski definition) is 4. The molecule has 0 amide bonds. The Morgan fingerprint density at radius 3 is 3.12 bits per heavy atom. The minimum absolute atomic E-state index is 0.337. The maximum absolute atomic E-state index is 5.58. The Morgan fingerprint density at radius 1 is 1.41 bits per heavy atom. The van der Waals surface area contributed by atoms with E-state index >= 15 is 0 Å². The molecule has 5 nitrogen and oxygen atoms in total. The molecule has 1 atom stereocenters. The summed E-state index contributed by atoms with van der Waals surface area (Å²) in [5, 5.41) is 11.7. The van der Waals surface area contributed by atoms with Crippen molar-refractivity contribution in [2.24, 2.45) is 5.92 Å². The fraction of sp³-hybridized carbons (Fsp3) is 0.833. The number of nitrogens with one attached hydrogen (secondary N) is 1. The van der Waals surface area contributed by atoms with Gasteiger partial charge in [0.1, 0.15) is 0 Å². The molecule has 1 unspecified atom stereocenters. The first-order valence-corrected chi connectivity index (χ1v) is 6.61. The Morgan fingerprint density at radius 2 is 2.35 bits per heavy atom. The van der Waals surface area contributed by atoms with Gasteiger partial charge in [-0.3, -0.25) is 0 Å². The number of hydrogen-bond donors (Lipinski definition) is 1. The second kappa shape index (κ2) is 5.14. The maximum atomic E-state index is 5.58. The van der Waals surface area contributed by atoms with Gasteiger partial charge in [-0.05, 0) is 38.1 Å². The summed E-state index contributed by atoms with van der Waals surface area (Å²) in [7, 11) is 0. The first-order chi connectivity index (χ1) is 8.40. The Hall–Kier alpha value is -0.940. The van der Waals surface area contributed by atoms with Gasteiger partial charge in [0.25, 0.3) is 0 Å². The zero-order chi connectivity index (χ0) is 11.5. The molecule has 17 heavy (non-hydrogen) atoms. The lowest BCUT2D eigenvalue weighted by Crippen LogP contribution is -2.16. The highest BCUT2D eigenvalue weighted by Gasteiger charge is 2.20. The molecule has 2 heterocycles. The summed E-state index contributed by atoms with van der Waals surface area (Å²) in [6, 6.07) is 0. The van der Waals surface area contributed by atoms with Crippen molar-refractivity contribution >= 4 is 0 Å². The average molecular weight is 236 g/mol. The van der Waals surface area contributed by atoms with E-state index in [1.807, 2.05) is 10.9 Å². The van der Waals surface area contributed by atoms with Crippen LogP contribution in [0.4, 0.5) is 0 Å². The maximum Gasteiger partial charge on any atom is 0.0964 e. The Kier molecular flexibility index (Phi) is 3.38. The largest absolute Gasteiger partial charge is 0.376 e. The van der Waals surface area contributed by atoms with Gasteiger partial charge in [0.2, 0.25) is 0 Å². The van der Waals surface area contributed by atoms with Crippen LogP contribution in [0.15, 0.2) is 6.20 Å². The molecule has 3 rings (SSSR count). The normalized spacial score (nSPS) is 24.4. The first kappa shape index (κ1) is 11.2. The van der Waals surface area contributed by atoms with Crippen LogP contribution < -0.4 is 5.32 Å². The van der Waals surface area contributed by atoms with Crippen LogP contribution >= 0.6 is 0 Å². The van der Waals surface area contributed by atoms with Crippen LogP contribution in [0.2, 0.25) is 0 Å². The Labute approximate surface area is 102 Å². The molecular weight excluding hydrogens is 216 g/mol. The molecule has 1 aliphatic heterocycles. The van der Waals surface area contributed by atoms with Gasteiger partial charge < -0.3 is 10.1 Å². The molecule has 1 aromatic rings. The van der Waals surface area contributed by atoms with Crippen molar-refractivity contribution in [2.45, 2.75) is 44.9 Å². The molecule has 0 radical (unpaired) electrons. The second-order valence-corrected chi connectivity index (χ2v) is 5.14. The third-order valence-corrected chi connectivity index (χ3v) is 3.44. The summed E-state index contributed by atoms with van der Waals surface area (Å²) < 4.78 is 7.49. The molecule has 1 N–H and O–H groups in total. The third kappa shape index (κ3) is 3.26. The molecular formula is C12H20N4O. The van der Waals surface area contributed by atoms with Crippen LogP contribution in [0, 0.1) is 5.92 Å². The highest BCUT2D eigenvalue weighted by atomic mass is 16.5. The summed E-state index contributed by atoms with van der Waals surface area (Å²) in [6.45, 7) is 3.70. The zero-order valence-electron chi connectivity index (χ0n) is 10.1. The topological polar surface area (TPSA) is 52.0 Å². The molecule has 2 aliphatic rings. The van der Waals surface area contributed by atoms with Crippen molar-refractivity contribution in [3.8, 4) is 0 Å². The second-order valence-electron chi connectivity index (χ2n) is 5.14. The third-order valence-electron chi connectivity index (χ3n) is 3.44. The van der Waals surface area contributed by atoms with Gasteiger partial charge >= 0.3 is 0 Å². The first-order valence-electron chi connectivity index (χ1n) is 6.61.